The first-order chi connectivity index (χ1) is 3.68. The van der Waals surface area contributed by atoms with Gasteiger partial charge in [0.15, 0.2) is 0 Å². The molecule has 0 aliphatic carbocycles. The zero-order valence-electron chi connectivity index (χ0n) is 5.46. The van der Waals surface area contributed by atoms with Crippen LogP contribution in [0.5, 0.6) is 0 Å². The molecule has 0 saturated carbocycles. The summed E-state index contributed by atoms with van der Waals surface area (Å²) in [5.74, 6) is 0. The van der Waals surface area contributed by atoms with Crippen LogP contribution in [0.3, 0.4) is 0 Å². The maximum Gasteiger partial charge on any atom is 0.0796 e. The minimum absolute atomic E-state index is 0.528. The summed E-state index contributed by atoms with van der Waals surface area (Å²) in [6.45, 7) is 3.58. The summed E-state index contributed by atoms with van der Waals surface area (Å²) in [6, 6.07) is 0. The van der Waals surface area contributed by atoms with E-state index in [0.29, 0.717) is 6.42 Å². The van der Waals surface area contributed by atoms with Gasteiger partial charge in [-0.05, 0) is 13.3 Å². The van der Waals surface area contributed by atoms with Crippen molar-refractivity contribution in [3.8, 4) is 0 Å². The van der Waals surface area contributed by atoms with Crippen LogP contribution in [-0.4, -0.2) is 22.4 Å². The summed E-state index contributed by atoms with van der Waals surface area (Å²) in [5.41, 5.74) is 0. The highest BCUT2D eigenvalue weighted by Gasteiger charge is 2.07. The van der Waals surface area contributed by atoms with Gasteiger partial charge >= 0.3 is 0 Å². The molecule has 2 heteroatoms. The van der Waals surface area contributed by atoms with Gasteiger partial charge in [-0.3, -0.25) is 0 Å². The molecule has 0 spiro atoms. The summed E-state index contributed by atoms with van der Waals surface area (Å²) >= 11 is 0. The Morgan fingerprint density at radius 1 is 1.38 bits per heavy atom. The molecule has 0 unspecified atom stereocenters. The van der Waals surface area contributed by atoms with Gasteiger partial charge in [0.1, 0.15) is 0 Å². The fraction of sp³-hybridized carbons (Fsp3) is 1.00. The van der Waals surface area contributed by atoms with Crippen LogP contribution in [-0.2, 0) is 0 Å². The average Bonchev–Trinajstić information content (AvgIpc) is 1.67. The molecule has 0 amide bonds. The molecule has 0 bridgehead atoms. The first-order valence-electron chi connectivity index (χ1n) is 3.04. The number of aliphatic hydroxyl groups excluding tert-OH is 2. The third-order valence-corrected chi connectivity index (χ3v) is 1.14. The molecule has 0 fully saturated rings. The summed E-state index contributed by atoms with van der Waals surface area (Å²) in [5, 5.41) is 17.6. The topological polar surface area (TPSA) is 40.5 Å². The summed E-state index contributed by atoms with van der Waals surface area (Å²) in [7, 11) is 0. The normalized spacial score (nSPS) is 18.0. The zero-order chi connectivity index (χ0) is 6.57. The fourth-order valence-electron chi connectivity index (χ4n) is 0.537. The van der Waals surface area contributed by atoms with Crippen molar-refractivity contribution in [2.75, 3.05) is 0 Å². The van der Waals surface area contributed by atoms with Gasteiger partial charge in [-0.15, -0.1) is 0 Å². The molecule has 0 aromatic rings. The summed E-state index contributed by atoms with van der Waals surface area (Å²) in [4.78, 5) is 0. The van der Waals surface area contributed by atoms with Gasteiger partial charge in [-0.25, -0.2) is 0 Å². The number of aliphatic hydroxyl groups is 2. The SMILES string of the molecule is CCC[C@H](O)[C@@H](C)O. The van der Waals surface area contributed by atoms with E-state index >= 15 is 0 Å². The van der Waals surface area contributed by atoms with E-state index in [9.17, 15) is 0 Å². The van der Waals surface area contributed by atoms with Crippen LogP contribution in [0.2, 0.25) is 0 Å². The van der Waals surface area contributed by atoms with Crippen molar-refractivity contribution in [2.45, 2.75) is 38.9 Å². The fourth-order valence-corrected chi connectivity index (χ4v) is 0.537. The smallest absolute Gasteiger partial charge is 0.0796 e. The van der Waals surface area contributed by atoms with E-state index < -0.39 is 12.2 Å². The van der Waals surface area contributed by atoms with E-state index in [4.69, 9.17) is 10.2 Å². The van der Waals surface area contributed by atoms with Crippen molar-refractivity contribution in [3.63, 3.8) is 0 Å². The Balaban J connectivity index is 3.17. The molecule has 2 nitrogen and oxygen atoms in total. The lowest BCUT2D eigenvalue weighted by Gasteiger charge is -2.10. The highest BCUT2D eigenvalue weighted by atomic mass is 16.3. The van der Waals surface area contributed by atoms with Crippen molar-refractivity contribution >= 4 is 0 Å². The Kier molecular flexibility index (Phi) is 3.83. The Hall–Kier alpha value is -0.0800. The molecule has 0 heterocycles. The minimum atomic E-state index is -0.574. The second-order valence-electron chi connectivity index (χ2n) is 2.10. The predicted molar refractivity (Wildman–Crippen MR) is 32.6 cm³/mol. The highest BCUT2D eigenvalue weighted by molar-refractivity contribution is 4.59. The van der Waals surface area contributed by atoms with E-state index in [2.05, 4.69) is 0 Å². The second kappa shape index (κ2) is 3.87. The maximum absolute atomic E-state index is 8.88. The minimum Gasteiger partial charge on any atom is -0.391 e. The molecule has 0 aromatic heterocycles. The first-order valence-corrected chi connectivity index (χ1v) is 3.04. The molecule has 8 heavy (non-hydrogen) atoms. The van der Waals surface area contributed by atoms with Crippen LogP contribution in [0.4, 0.5) is 0 Å². The molecule has 2 N–H and O–H groups in total. The van der Waals surface area contributed by atoms with Crippen LogP contribution < -0.4 is 0 Å². The summed E-state index contributed by atoms with van der Waals surface area (Å²) < 4.78 is 0. The second-order valence-corrected chi connectivity index (χ2v) is 2.10. The zero-order valence-corrected chi connectivity index (χ0v) is 5.46. The van der Waals surface area contributed by atoms with Crippen molar-refractivity contribution in [3.05, 3.63) is 0 Å². The Morgan fingerprint density at radius 2 is 1.88 bits per heavy atom. The highest BCUT2D eigenvalue weighted by Crippen LogP contribution is 1.99. The molecule has 2 atom stereocenters. The van der Waals surface area contributed by atoms with Crippen molar-refractivity contribution in [2.24, 2.45) is 0 Å². The average molecular weight is 118 g/mol. The van der Waals surface area contributed by atoms with Crippen molar-refractivity contribution in [1.82, 2.24) is 0 Å². The molecule has 0 aromatic carbocycles. The van der Waals surface area contributed by atoms with Gasteiger partial charge in [-0.1, -0.05) is 13.3 Å². The monoisotopic (exact) mass is 118 g/mol. The van der Waals surface area contributed by atoms with Crippen LogP contribution in [0.25, 0.3) is 0 Å². The quantitative estimate of drug-likeness (QED) is 0.567. The number of rotatable bonds is 3. The van der Waals surface area contributed by atoms with E-state index in [1.807, 2.05) is 6.92 Å². The molecular formula is C6H14O2. The molecule has 0 radical (unpaired) electrons. The third kappa shape index (κ3) is 2.99. The standard InChI is InChI=1S/C6H14O2/c1-3-4-6(8)5(2)7/h5-8H,3-4H2,1-2H3/t5-,6+/m1/s1. The van der Waals surface area contributed by atoms with Crippen molar-refractivity contribution < 1.29 is 10.2 Å². The van der Waals surface area contributed by atoms with E-state index in [1.54, 1.807) is 6.92 Å². The van der Waals surface area contributed by atoms with Gasteiger partial charge in [0.05, 0.1) is 12.2 Å². The van der Waals surface area contributed by atoms with Crippen molar-refractivity contribution in [1.29, 1.82) is 0 Å². The number of hydrogen-bond acceptors (Lipinski definition) is 2. The van der Waals surface area contributed by atoms with Crippen LogP contribution in [0.1, 0.15) is 26.7 Å². The van der Waals surface area contributed by atoms with Gasteiger partial charge in [0.25, 0.3) is 0 Å². The van der Waals surface area contributed by atoms with E-state index in [0.717, 1.165) is 6.42 Å². The van der Waals surface area contributed by atoms with E-state index in [-0.39, 0.29) is 0 Å². The molecule has 0 aliphatic rings. The predicted octanol–water partition coefficient (Wildman–Crippen LogP) is 0.528. The first kappa shape index (κ1) is 7.92. The lowest BCUT2D eigenvalue weighted by Crippen LogP contribution is -2.21. The molecular weight excluding hydrogens is 104 g/mol. The largest absolute Gasteiger partial charge is 0.391 e. The lowest BCUT2D eigenvalue weighted by atomic mass is 10.1. The third-order valence-electron chi connectivity index (χ3n) is 1.14. The molecule has 0 saturated heterocycles. The van der Waals surface area contributed by atoms with Gasteiger partial charge < -0.3 is 10.2 Å². The van der Waals surface area contributed by atoms with Crippen LogP contribution in [0.15, 0.2) is 0 Å². The Labute approximate surface area is 50.2 Å². The number of hydrogen-bond donors (Lipinski definition) is 2. The Morgan fingerprint density at radius 3 is 2.00 bits per heavy atom. The van der Waals surface area contributed by atoms with Crippen LogP contribution in [0, 0.1) is 0 Å². The van der Waals surface area contributed by atoms with Gasteiger partial charge in [0, 0.05) is 0 Å². The van der Waals surface area contributed by atoms with Gasteiger partial charge in [0.2, 0.25) is 0 Å². The maximum atomic E-state index is 8.88. The molecule has 0 aliphatic heterocycles. The summed E-state index contributed by atoms with van der Waals surface area (Å²) in [6.07, 6.45) is 0.513. The molecule has 0 rings (SSSR count). The van der Waals surface area contributed by atoms with Crippen LogP contribution >= 0.6 is 0 Å². The van der Waals surface area contributed by atoms with Gasteiger partial charge in [-0.2, -0.15) is 0 Å². The lowest BCUT2D eigenvalue weighted by molar-refractivity contribution is 0.0259. The Bertz CT molecular complexity index is 52.5. The molecule has 50 valence electrons. The van der Waals surface area contributed by atoms with E-state index in [1.165, 1.54) is 0 Å².